The second-order valence-electron chi connectivity index (χ2n) is 4.68. The van der Waals surface area contributed by atoms with Crippen LogP contribution in [0.4, 0.5) is 0 Å². The van der Waals surface area contributed by atoms with Gasteiger partial charge in [-0.3, -0.25) is 4.79 Å². The molecule has 1 rings (SSSR count). The molecule has 0 spiro atoms. The number of nitrogens with one attached hydrogen (secondary N) is 1. The van der Waals surface area contributed by atoms with Crippen LogP contribution in [0.25, 0.3) is 0 Å². The van der Waals surface area contributed by atoms with E-state index in [0.29, 0.717) is 6.54 Å². The summed E-state index contributed by atoms with van der Waals surface area (Å²) in [5.41, 5.74) is 3.19. The fourth-order valence-corrected chi connectivity index (χ4v) is 1.76. The van der Waals surface area contributed by atoms with Gasteiger partial charge in [0.25, 0.3) is 0 Å². The van der Waals surface area contributed by atoms with E-state index in [0.717, 1.165) is 11.1 Å². The topological polar surface area (TPSA) is 69.6 Å². The van der Waals surface area contributed by atoms with Crippen LogP contribution >= 0.6 is 0 Å². The Hall–Kier alpha value is -1.39. The highest BCUT2D eigenvalue weighted by Gasteiger charge is 2.16. The minimum absolute atomic E-state index is 0.0595. The Morgan fingerprint density at radius 1 is 1.33 bits per heavy atom. The maximum atomic E-state index is 10.4. The summed E-state index contributed by atoms with van der Waals surface area (Å²) < 4.78 is 0. The molecular formula is C14H21NO3. The van der Waals surface area contributed by atoms with E-state index in [1.165, 1.54) is 5.56 Å². The van der Waals surface area contributed by atoms with Gasteiger partial charge >= 0.3 is 5.97 Å². The van der Waals surface area contributed by atoms with Gasteiger partial charge in [-0.1, -0.05) is 18.2 Å². The molecule has 0 bridgehead atoms. The van der Waals surface area contributed by atoms with Gasteiger partial charge in [0.15, 0.2) is 0 Å². The van der Waals surface area contributed by atoms with Crippen LogP contribution in [0.1, 0.15) is 36.1 Å². The number of aryl methyl sites for hydroxylation is 2. The maximum absolute atomic E-state index is 10.4. The van der Waals surface area contributed by atoms with Gasteiger partial charge in [0.2, 0.25) is 0 Å². The fraction of sp³-hybridized carbons (Fsp3) is 0.500. The van der Waals surface area contributed by atoms with E-state index < -0.39 is 12.1 Å². The number of carboxylic acids is 1. The van der Waals surface area contributed by atoms with Crippen LogP contribution in [0.2, 0.25) is 0 Å². The lowest BCUT2D eigenvalue weighted by molar-refractivity contribution is -0.136. The molecule has 4 heteroatoms. The molecule has 0 aliphatic rings. The van der Waals surface area contributed by atoms with Crippen LogP contribution in [-0.2, 0) is 4.79 Å². The van der Waals surface area contributed by atoms with E-state index in [2.05, 4.69) is 5.32 Å². The van der Waals surface area contributed by atoms with Crippen molar-refractivity contribution >= 4 is 5.97 Å². The molecule has 0 aliphatic heterocycles. The molecule has 0 aromatic heterocycles. The summed E-state index contributed by atoms with van der Waals surface area (Å²) in [5, 5.41) is 21.7. The van der Waals surface area contributed by atoms with Gasteiger partial charge < -0.3 is 15.5 Å². The molecule has 0 radical (unpaired) electrons. The van der Waals surface area contributed by atoms with Crippen molar-refractivity contribution < 1.29 is 15.0 Å². The van der Waals surface area contributed by atoms with Crippen molar-refractivity contribution in [3.8, 4) is 0 Å². The molecule has 0 amide bonds. The zero-order valence-electron chi connectivity index (χ0n) is 11.1. The number of aliphatic carboxylic acids is 1. The number of carbonyl (C=O) groups is 1. The number of carboxylic acid groups (broad SMARTS) is 1. The highest BCUT2D eigenvalue weighted by Crippen LogP contribution is 2.19. The first-order valence-corrected chi connectivity index (χ1v) is 6.12. The van der Waals surface area contributed by atoms with Crippen LogP contribution in [0.3, 0.4) is 0 Å². The quantitative estimate of drug-likeness (QED) is 0.721. The normalized spacial score (nSPS) is 14.2. The van der Waals surface area contributed by atoms with Gasteiger partial charge in [-0.25, -0.2) is 0 Å². The molecular weight excluding hydrogens is 230 g/mol. The Labute approximate surface area is 108 Å². The van der Waals surface area contributed by atoms with Crippen LogP contribution in [0.15, 0.2) is 18.2 Å². The first-order valence-electron chi connectivity index (χ1n) is 6.12. The summed E-state index contributed by atoms with van der Waals surface area (Å²) in [4.78, 5) is 10.4. The molecule has 100 valence electrons. The highest BCUT2D eigenvalue weighted by molar-refractivity contribution is 5.66. The van der Waals surface area contributed by atoms with Crippen LogP contribution in [0.5, 0.6) is 0 Å². The van der Waals surface area contributed by atoms with Crippen LogP contribution in [-0.4, -0.2) is 28.8 Å². The van der Waals surface area contributed by atoms with E-state index in [1.807, 2.05) is 39.0 Å². The van der Waals surface area contributed by atoms with Gasteiger partial charge in [0, 0.05) is 12.6 Å². The molecule has 2 unspecified atom stereocenters. The minimum Gasteiger partial charge on any atom is -0.481 e. The number of benzene rings is 1. The van der Waals surface area contributed by atoms with Crippen molar-refractivity contribution in [3.63, 3.8) is 0 Å². The molecule has 0 saturated heterocycles. The highest BCUT2D eigenvalue weighted by atomic mass is 16.4. The fourth-order valence-electron chi connectivity index (χ4n) is 1.76. The first-order chi connectivity index (χ1) is 8.41. The SMILES string of the molecule is Cc1ccc(C(O)C(C)NCCC(=O)O)cc1C. The summed E-state index contributed by atoms with van der Waals surface area (Å²) >= 11 is 0. The predicted octanol–water partition coefficient (Wildman–Crippen LogP) is 1.79. The van der Waals surface area contributed by atoms with E-state index in [-0.39, 0.29) is 12.5 Å². The second kappa shape index (κ2) is 6.52. The Bertz CT molecular complexity index is 418. The average molecular weight is 251 g/mol. The molecule has 0 aliphatic carbocycles. The van der Waals surface area contributed by atoms with E-state index in [1.54, 1.807) is 0 Å². The van der Waals surface area contributed by atoms with E-state index in [4.69, 9.17) is 5.11 Å². The summed E-state index contributed by atoms with van der Waals surface area (Å²) in [6.45, 7) is 6.24. The van der Waals surface area contributed by atoms with Gasteiger partial charge in [0.1, 0.15) is 0 Å². The number of aliphatic hydroxyl groups excluding tert-OH is 1. The van der Waals surface area contributed by atoms with Crippen LogP contribution in [0, 0.1) is 13.8 Å². The molecule has 2 atom stereocenters. The molecule has 1 aromatic rings. The molecule has 0 fully saturated rings. The van der Waals surface area contributed by atoms with Crippen molar-refractivity contribution in [1.29, 1.82) is 0 Å². The number of hydrogen-bond acceptors (Lipinski definition) is 3. The number of rotatable bonds is 6. The summed E-state index contributed by atoms with van der Waals surface area (Å²) in [7, 11) is 0. The third-order valence-electron chi connectivity index (χ3n) is 3.15. The lowest BCUT2D eigenvalue weighted by Crippen LogP contribution is -2.33. The standard InChI is InChI=1S/C14H21NO3/c1-9-4-5-12(8-10(9)2)14(18)11(3)15-7-6-13(16)17/h4-5,8,11,14-15,18H,6-7H2,1-3H3,(H,16,17). The average Bonchev–Trinajstić information content (AvgIpc) is 2.31. The summed E-state index contributed by atoms with van der Waals surface area (Å²) in [6, 6.07) is 5.68. The largest absolute Gasteiger partial charge is 0.481 e. The Morgan fingerprint density at radius 3 is 2.56 bits per heavy atom. The first kappa shape index (κ1) is 14.7. The van der Waals surface area contributed by atoms with Crippen molar-refractivity contribution in [3.05, 3.63) is 34.9 Å². The third kappa shape index (κ3) is 4.13. The molecule has 0 saturated carbocycles. The van der Waals surface area contributed by atoms with Crippen molar-refractivity contribution in [2.24, 2.45) is 0 Å². The Morgan fingerprint density at radius 2 is 2.00 bits per heavy atom. The van der Waals surface area contributed by atoms with Crippen molar-refractivity contribution in [1.82, 2.24) is 5.32 Å². The zero-order chi connectivity index (χ0) is 13.7. The predicted molar refractivity (Wildman–Crippen MR) is 70.6 cm³/mol. The summed E-state index contributed by atoms with van der Waals surface area (Å²) in [6.07, 6.45) is -0.567. The van der Waals surface area contributed by atoms with E-state index in [9.17, 15) is 9.90 Å². The minimum atomic E-state index is -0.838. The van der Waals surface area contributed by atoms with E-state index >= 15 is 0 Å². The molecule has 1 aromatic carbocycles. The van der Waals surface area contributed by atoms with Gasteiger partial charge in [-0.2, -0.15) is 0 Å². The second-order valence-corrected chi connectivity index (χ2v) is 4.68. The van der Waals surface area contributed by atoms with Crippen molar-refractivity contribution in [2.75, 3.05) is 6.54 Å². The molecule has 3 N–H and O–H groups in total. The van der Waals surface area contributed by atoms with Crippen molar-refractivity contribution in [2.45, 2.75) is 39.3 Å². The lowest BCUT2D eigenvalue weighted by atomic mass is 9.99. The Balaban J connectivity index is 2.59. The number of aliphatic hydroxyl groups is 1. The van der Waals surface area contributed by atoms with Crippen LogP contribution < -0.4 is 5.32 Å². The van der Waals surface area contributed by atoms with Gasteiger partial charge in [0.05, 0.1) is 12.5 Å². The molecule has 0 heterocycles. The summed E-state index contributed by atoms with van der Waals surface area (Å²) in [5.74, 6) is -0.838. The smallest absolute Gasteiger partial charge is 0.304 e. The zero-order valence-corrected chi connectivity index (χ0v) is 11.1. The number of hydrogen-bond donors (Lipinski definition) is 3. The molecule has 4 nitrogen and oxygen atoms in total. The van der Waals surface area contributed by atoms with Gasteiger partial charge in [-0.05, 0) is 37.5 Å². The lowest BCUT2D eigenvalue weighted by Gasteiger charge is -2.21. The van der Waals surface area contributed by atoms with Gasteiger partial charge in [-0.15, -0.1) is 0 Å². The third-order valence-corrected chi connectivity index (χ3v) is 3.15. The monoisotopic (exact) mass is 251 g/mol. The maximum Gasteiger partial charge on any atom is 0.304 e. The Kier molecular flexibility index (Phi) is 5.31. The molecule has 18 heavy (non-hydrogen) atoms.